The van der Waals surface area contributed by atoms with Crippen LogP contribution >= 0.6 is 0 Å². The summed E-state index contributed by atoms with van der Waals surface area (Å²) in [6.07, 6.45) is 1.48. The maximum absolute atomic E-state index is 10.5. The standard InChI is InChI=1S/C4H8N2O3S/c1-8-10(7)9-6-3-2-5-4-6/h4H,2-3H2,1H3. The minimum absolute atomic E-state index is 0.634. The molecule has 0 N–H and O–H groups in total. The zero-order valence-electron chi connectivity index (χ0n) is 5.52. The molecular formula is C4H8N2O3S. The minimum atomic E-state index is -1.68. The van der Waals surface area contributed by atoms with Crippen LogP contribution in [-0.2, 0) is 19.8 Å². The van der Waals surface area contributed by atoms with Gasteiger partial charge in [-0.3, -0.25) is 9.18 Å². The van der Waals surface area contributed by atoms with Crippen molar-refractivity contribution >= 4 is 17.7 Å². The molecule has 1 atom stereocenters. The zero-order chi connectivity index (χ0) is 7.40. The fourth-order valence-electron chi connectivity index (χ4n) is 0.528. The Labute approximate surface area is 61.5 Å². The van der Waals surface area contributed by atoms with Crippen molar-refractivity contribution in [3.63, 3.8) is 0 Å². The number of rotatable bonds is 3. The SMILES string of the molecule is COS(=O)ON1C=NCC1. The summed E-state index contributed by atoms with van der Waals surface area (Å²) in [6.45, 7) is 1.32. The molecule has 0 spiro atoms. The summed E-state index contributed by atoms with van der Waals surface area (Å²) in [5, 5.41) is 1.37. The van der Waals surface area contributed by atoms with Gasteiger partial charge in [-0.2, -0.15) is 4.21 Å². The third-order valence-electron chi connectivity index (χ3n) is 0.953. The van der Waals surface area contributed by atoms with Gasteiger partial charge in [0.05, 0.1) is 20.2 Å². The van der Waals surface area contributed by atoms with Crippen LogP contribution in [0.3, 0.4) is 0 Å². The van der Waals surface area contributed by atoms with Gasteiger partial charge >= 0.3 is 11.4 Å². The third-order valence-corrected chi connectivity index (χ3v) is 1.54. The summed E-state index contributed by atoms with van der Waals surface area (Å²) in [5.74, 6) is 0. The van der Waals surface area contributed by atoms with E-state index in [0.29, 0.717) is 13.1 Å². The predicted molar refractivity (Wildman–Crippen MR) is 36.3 cm³/mol. The second kappa shape index (κ2) is 3.65. The number of nitrogens with zero attached hydrogens (tertiary/aromatic N) is 2. The molecule has 1 aliphatic rings. The maximum Gasteiger partial charge on any atom is 0.327 e. The molecule has 0 aromatic carbocycles. The lowest BCUT2D eigenvalue weighted by Gasteiger charge is -2.09. The van der Waals surface area contributed by atoms with Crippen LogP contribution in [0.5, 0.6) is 0 Å². The molecule has 1 aliphatic heterocycles. The minimum Gasteiger partial charge on any atom is -0.271 e. The Morgan fingerprint density at radius 3 is 3.10 bits per heavy atom. The van der Waals surface area contributed by atoms with Crippen LogP contribution in [0.2, 0.25) is 0 Å². The van der Waals surface area contributed by atoms with E-state index < -0.39 is 11.4 Å². The third kappa shape index (κ3) is 2.05. The van der Waals surface area contributed by atoms with Gasteiger partial charge in [0.15, 0.2) is 0 Å². The average molecular weight is 164 g/mol. The normalized spacial score (nSPS) is 19.9. The first-order valence-corrected chi connectivity index (χ1v) is 3.74. The van der Waals surface area contributed by atoms with E-state index in [9.17, 15) is 4.21 Å². The first kappa shape index (κ1) is 7.64. The van der Waals surface area contributed by atoms with E-state index in [4.69, 9.17) is 4.28 Å². The second-order valence-electron chi connectivity index (χ2n) is 1.61. The Morgan fingerprint density at radius 1 is 1.80 bits per heavy atom. The number of hydrogen-bond acceptors (Lipinski definition) is 5. The Hall–Kier alpha value is -0.460. The summed E-state index contributed by atoms with van der Waals surface area (Å²) >= 11 is -1.68. The van der Waals surface area contributed by atoms with Crippen LogP contribution in [-0.4, -0.2) is 35.8 Å². The van der Waals surface area contributed by atoms with E-state index in [1.807, 2.05) is 0 Å². The molecule has 58 valence electrons. The molecule has 0 aliphatic carbocycles. The summed E-state index contributed by atoms with van der Waals surface area (Å²) in [5.41, 5.74) is 0. The highest BCUT2D eigenvalue weighted by molar-refractivity contribution is 7.75. The molecule has 0 bridgehead atoms. The lowest BCUT2D eigenvalue weighted by atomic mass is 10.7. The topological polar surface area (TPSA) is 51.1 Å². The Balaban J connectivity index is 2.24. The molecule has 0 radical (unpaired) electrons. The van der Waals surface area contributed by atoms with E-state index in [1.165, 1.54) is 18.5 Å². The monoisotopic (exact) mass is 164 g/mol. The Morgan fingerprint density at radius 2 is 2.60 bits per heavy atom. The van der Waals surface area contributed by atoms with Crippen molar-refractivity contribution in [2.24, 2.45) is 4.99 Å². The molecule has 10 heavy (non-hydrogen) atoms. The van der Waals surface area contributed by atoms with Crippen LogP contribution < -0.4 is 0 Å². The molecule has 0 saturated carbocycles. The van der Waals surface area contributed by atoms with Crippen LogP contribution in [0.4, 0.5) is 0 Å². The molecular weight excluding hydrogens is 156 g/mol. The summed E-state index contributed by atoms with van der Waals surface area (Å²) < 4.78 is 19.6. The Bertz CT molecular complexity index is 161. The van der Waals surface area contributed by atoms with Gasteiger partial charge in [-0.15, -0.1) is 4.28 Å². The highest BCUT2D eigenvalue weighted by Gasteiger charge is 2.09. The van der Waals surface area contributed by atoms with Gasteiger partial charge < -0.3 is 0 Å². The molecule has 0 aromatic heterocycles. The summed E-state index contributed by atoms with van der Waals surface area (Å²) in [7, 11) is 1.31. The van der Waals surface area contributed by atoms with E-state index in [2.05, 4.69) is 9.18 Å². The first-order valence-electron chi connectivity index (χ1n) is 2.74. The average Bonchev–Trinajstić information content (AvgIpc) is 2.40. The smallest absolute Gasteiger partial charge is 0.271 e. The molecule has 5 nitrogen and oxygen atoms in total. The zero-order valence-corrected chi connectivity index (χ0v) is 6.34. The van der Waals surface area contributed by atoms with Crippen LogP contribution in [0.25, 0.3) is 0 Å². The summed E-state index contributed by atoms with van der Waals surface area (Å²) in [6, 6.07) is 0. The fraction of sp³-hybridized carbons (Fsp3) is 0.750. The van der Waals surface area contributed by atoms with Gasteiger partial charge in [-0.05, 0) is 0 Å². The largest absolute Gasteiger partial charge is 0.327 e. The molecule has 1 heterocycles. The van der Waals surface area contributed by atoms with Crippen LogP contribution in [0.15, 0.2) is 4.99 Å². The fourth-order valence-corrected chi connectivity index (χ4v) is 0.858. The van der Waals surface area contributed by atoms with Crippen molar-refractivity contribution in [1.29, 1.82) is 0 Å². The highest BCUT2D eigenvalue weighted by atomic mass is 32.2. The van der Waals surface area contributed by atoms with Gasteiger partial charge in [0.2, 0.25) is 0 Å². The van der Waals surface area contributed by atoms with Crippen LogP contribution in [0.1, 0.15) is 0 Å². The van der Waals surface area contributed by atoms with Gasteiger partial charge in [0.25, 0.3) is 0 Å². The van der Waals surface area contributed by atoms with Crippen molar-refractivity contribution < 1.29 is 12.7 Å². The quantitative estimate of drug-likeness (QED) is 0.563. The molecule has 1 rings (SSSR count). The molecule has 0 aromatic rings. The lowest BCUT2D eigenvalue weighted by Crippen LogP contribution is -2.21. The van der Waals surface area contributed by atoms with Gasteiger partial charge in [0.1, 0.15) is 6.34 Å². The van der Waals surface area contributed by atoms with E-state index in [0.717, 1.165) is 0 Å². The van der Waals surface area contributed by atoms with Crippen LogP contribution in [0, 0.1) is 0 Å². The van der Waals surface area contributed by atoms with Crippen molar-refractivity contribution in [1.82, 2.24) is 5.06 Å². The van der Waals surface area contributed by atoms with Crippen molar-refractivity contribution in [2.75, 3.05) is 20.2 Å². The summed E-state index contributed by atoms with van der Waals surface area (Å²) in [4.78, 5) is 3.84. The Kier molecular flexibility index (Phi) is 2.79. The van der Waals surface area contributed by atoms with E-state index in [1.54, 1.807) is 0 Å². The molecule has 1 unspecified atom stereocenters. The van der Waals surface area contributed by atoms with Crippen molar-refractivity contribution in [3.05, 3.63) is 0 Å². The number of hydroxylamine groups is 2. The molecule has 0 saturated heterocycles. The number of aliphatic imine (C=N–C) groups is 1. The van der Waals surface area contributed by atoms with Crippen molar-refractivity contribution in [3.8, 4) is 0 Å². The highest BCUT2D eigenvalue weighted by Crippen LogP contribution is 1.97. The van der Waals surface area contributed by atoms with Gasteiger partial charge in [-0.25, -0.2) is 5.06 Å². The van der Waals surface area contributed by atoms with Crippen molar-refractivity contribution in [2.45, 2.75) is 0 Å². The van der Waals surface area contributed by atoms with Gasteiger partial charge in [0, 0.05) is 0 Å². The first-order chi connectivity index (χ1) is 4.83. The van der Waals surface area contributed by atoms with E-state index in [-0.39, 0.29) is 0 Å². The van der Waals surface area contributed by atoms with E-state index >= 15 is 0 Å². The second-order valence-corrected chi connectivity index (χ2v) is 2.50. The molecule has 0 fully saturated rings. The lowest BCUT2D eigenvalue weighted by molar-refractivity contribution is 0.0397. The predicted octanol–water partition coefficient (Wildman–Crippen LogP) is -0.513. The maximum atomic E-state index is 10.5. The molecule has 0 amide bonds. The number of hydrogen-bond donors (Lipinski definition) is 0. The van der Waals surface area contributed by atoms with Gasteiger partial charge in [-0.1, -0.05) is 0 Å². The molecule has 6 heteroatoms.